The fourth-order valence-corrected chi connectivity index (χ4v) is 1.41. The first-order valence-corrected chi connectivity index (χ1v) is 4.52. The highest BCUT2D eigenvalue weighted by molar-refractivity contribution is 5.85. The zero-order chi connectivity index (χ0) is 11.5. The van der Waals surface area contributed by atoms with E-state index in [1.165, 1.54) is 6.92 Å². The first-order chi connectivity index (χ1) is 6.22. The van der Waals surface area contributed by atoms with Crippen molar-refractivity contribution in [1.82, 2.24) is 5.32 Å². The molecule has 2 amide bonds. The molecule has 0 aliphatic carbocycles. The number of rotatable bonds is 4. The molecule has 0 aliphatic rings. The number of nitrogens with one attached hydrogen (secondary N) is 1. The number of carbonyl (C=O) groups is 2. The van der Waals surface area contributed by atoms with Gasteiger partial charge < -0.3 is 16.2 Å². The molecule has 5 heteroatoms. The lowest BCUT2D eigenvalue weighted by molar-refractivity contribution is -0.145. The van der Waals surface area contributed by atoms with Crippen LogP contribution in [0, 0.1) is 5.92 Å². The summed E-state index contributed by atoms with van der Waals surface area (Å²) in [6, 6.07) is -0.697. The summed E-state index contributed by atoms with van der Waals surface area (Å²) in [6.07, 6.45) is 0. The minimum absolute atomic E-state index is 0.308. The van der Waals surface area contributed by atoms with Crippen molar-refractivity contribution >= 4 is 11.8 Å². The van der Waals surface area contributed by atoms with Crippen LogP contribution in [0.15, 0.2) is 0 Å². The van der Waals surface area contributed by atoms with Gasteiger partial charge in [0.2, 0.25) is 5.91 Å². The highest BCUT2D eigenvalue weighted by Crippen LogP contribution is 2.20. The van der Waals surface area contributed by atoms with E-state index in [0.717, 1.165) is 0 Å². The molecule has 0 unspecified atom stereocenters. The van der Waals surface area contributed by atoms with Crippen molar-refractivity contribution in [3.63, 3.8) is 0 Å². The molecular weight excluding hydrogens is 184 g/mol. The van der Waals surface area contributed by atoms with Gasteiger partial charge in [0.15, 0.2) is 5.60 Å². The van der Waals surface area contributed by atoms with Crippen LogP contribution in [0.2, 0.25) is 0 Å². The molecule has 2 atom stereocenters. The lowest BCUT2D eigenvalue weighted by Crippen LogP contribution is -2.61. The SMILES string of the molecule is CC(=O)N[C@@H](C)[C@@](O)(C(N)=O)C(C)C. The second kappa shape index (κ2) is 4.41. The normalized spacial score (nSPS) is 17.3. The van der Waals surface area contributed by atoms with Gasteiger partial charge in [-0.05, 0) is 12.8 Å². The smallest absolute Gasteiger partial charge is 0.251 e. The van der Waals surface area contributed by atoms with Crippen LogP contribution < -0.4 is 11.1 Å². The fourth-order valence-electron chi connectivity index (χ4n) is 1.41. The molecule has 4 N–H and O–H groups in total. The van der Waals surface area contributed by atoms with Gasteiger partial charge in [0.05, 0.1) is 6.04 Å². The highest BCUT2D eigenvalue weighted by atomic mass is 16.3. The van der Waals surface area contributed by atoms with Crippen LogP contribution in [0.5, 0.6) is 0 Å². The summed E-state index contributed by atoms with van der Waals surface area (Å²) >= 11 is 0. The quantitative estimate of drug-likeness (QED) is 0.567. The second-order valence-electron chi connectivity index (χ2n) is 3.77. The Hall–Kier alpha value is -1.10. The third-order valence-corrected chi connectivity index (χ3v) is 2.35. The standard InChI is InChI=1S/C9H18N2O3/c1-5(2)9(14,8(10)13)6(3)11-7(4)12/h5-6,14H,1-4H3,(H2,10,13)(H,11,12)/t6-,9+/m0/s1. The van der Waals surface area contributed by atoms with Crippen molar-refractivity contribution in [3.05, 3.63) is 0 Å². The summed E-state index contributed by atoms with van der Waals surface area (Å²) in [7, 11) is 0. The maximum atomic E-state index is 11.1. The van der Waals surface area contributed by atoms with Gasteiger partial charge in [0.1, 0.15) is 0 Å². The Morgan fingerprint density at radius 1 is 1.36 bits per heavy atom. The van der Waals surface area contributed by atoms with Crippen LogP contribution >= 0.6 is 0 Å². The van der Waals surface area contributed by atoms with Crippen LogP contribution in [0.3, 0.4) is 0 Å². The van der Waals surface area contributed by atoms with Gasteiger partial charge in [-0.25, -0.2) is 0 Å². The molecule has 0 bridgehead atoms. The summed E-state index contributed by atoms with van der Waals surface area (Å²) in [5.41, 5.74) is 3.41. The van der Waals surface area contributed by atoms with Crippen molar-refractivity contribution in [2.75, 3.05) is 0 Å². The Morgan fingerprint density at radius 2 is 1.79 bits per heavy atom. The minimum atomic E-state index is -1.70. The predicted octanol–water partition coefficient (Wildman–Crippen LogP) is -0.617. The van der Waals surface area contributed by atoms with Gasteiger partial charge in [-0.2, -0.15) is 0 Å². The van der Waals surface area contributed by atoms with Gasteiger partial charge in [-0.15, -0.1) is 0 Å². The van der Waals surface area contributed by atoms with E-state index in [4.69, 9.17) is 5.73 Å². The molecule has 0 saturated carbocycles. The van der Waals surface area contributed by atoms with E-state index in [1.54, 1.807) is 20.8 Å². The summed E-state index contributed by atoms with van der Waals surface area (Å²) in [4.78, 5) is 21.9. The third-order valence-electron chi connectivity index (χ3n) is 2.35. The molecule has 0 aliphatic heterocycles. The van der Waals surface area contributed by atoms with Gasteiger partial charge in [0, 0.05) is 6.92 Å². The first-order valence-electron chi connectivity index (χ1n) is 4.52. The van der Waals surface area contributed by atoms with Crippen LogP contribution in [-0.4, -0.2) is 28.6 Å². The fraction of sp³-hybridized carbons (Fsp3) is 0.778. The van der Waals surface area contributed by atoms with Crippen molar-refractivity contribution in [3.8, 4) is 0 Å². The number of nitrogens with two attached hydrogens (primary N) is 1. The molecule has 0 rings (SSSR count). The number of carbonyl (C=O) groups excluding carboxylic acids is 2. The van der Waals surface area contributed by atoms with Crippen LogP contribution in [-0.2, 0) is 9.59 Å². The molecule has 82 valence electrons. The van der Waals surface area contributed by atoms with Crippen molar-refractivity contribution < 1.29 is 14.7 Å². The topological polar surface area (TPSA) is 92.4 Å². The van der Waals surface area contributed by atoms with E-state index in [9.17, 15) is 14.7 Å². The molecule has 0 heterocycles. The third kappa shape index (κ3) is 2.45. The minimum Gasteiger partial charge on any atom is -0.378 e. The molecular formula is C9H18N2O3. The van der Waals surface area contributed by atoms with Gasteiger partial charge in [-0.1, -0.05) is 13.8 Å². The maximum absolute atomic E-state index is 11.1. The molecule has 0 fully saturated rings. The largest absolute Gasteiger partial charge is 0.378 e. The monoisotopic (exact) mass is 202 g/mol. The summed E-state index contributed by atoms with van der Waals surface area (Å²) in [5, 5.41) is 12.5. The molecule has 0 radical (unpaired) electrons. The average Bonchev–Trinajstić information content (AvgIpc) is 2.00. The zero-order valence-electron chi connectivity index (χ0n) is 9.00. The number of amides is 2. The molecule has 14 heavy (non-hydrogen) atoms. The second-order valence-corrected chi connectivity index (χ2v) is 3.77. The highest BCUT2D eigenvalue weighted by Gasteiger charge is 2.43. The maximum Gasteiger partial charge on any atom is 0.251 e. The lowest BCUT2D eigenvalue weighted by atomic mass is 9.83. The summed E-state index contributed by atoms with van der Waals surface area (Å²) in [5.74, 6) is -1.49. The number of aliphatic hydroxyl groups is 1. The van der Waals surface area contributed by atoms with E-state index in [0.29, 0.717) is 0 Å². The van der Waals surface area contributed by atoms with Gasteiger partial charge >= 0.3 is 0 Å². The van der Waals surface area contributed by atoms with Crippen LogP contribution in [0.4, 0.5) is 0 Å². The van der Waals surface area contributed by atoms with Gasteiger partial charge in [-0.3, -0.25) is 9.59 Å². The molecule has 0 aromatic carbocycles. The van der Waals surface area contributed by atoms with E-state index >= 15 is 0 Å². The number of hydrogen-bond acceptors (Lipinski definition) is 3. The van der Waals surface area contributed by atoms with Crippen molar-refractivity contribution in [2.24, 2.45) is 11.7 Å². The van der Waals surface area contributed by atoms with Crippen molar-refractivity contribution in [1.29, 1.82) is 0 Å². The van der Waals surface area contributed by atoms with E-state index < -0.39 is 17.6 Å². The van der Waals surface area contributed by atoms with Crippen LogP contribution in [0.1, 0.15) is 27.7 Å². The molecule has 0 spiro atoms. The Morgan fingerprint density at radius 3 is 2.00 bits per heavy atom. The Bertz CT molecular complexity index is 240. The van der Waals surface area contributed by atoms with E-state index in [1.807, 2.05) is 0 Å². The Balaban J connectivity index is 4.82. The molecule has 0 saturated heterocycles. The van der Waals surface area contributed by atoms with E-state index in [2.05, 4.69) is 5.32 Å². The molecule has 5 nitrogen and oxygen atoms in total. The zero-order valence-corrected chi connectivity index (χ0v) is 9.00. The molecule has 0 aromatic rings. The van der Waals surface area contributed by atoms with Gasteiger partial charge in [0.25, 0.3) is 5.91 Å². The summed E-state index contributed by atoms with van der Waals surface area (Å²) < 4.78 is 0. The summed E-state index contributed by atoms with van der Waals surface area (Å²) in [6.45, 7) is 6.20. The number of primary amides is 1. The van der Waals surface area contributed by atoms with Crippen molar-refractivity contribution in [2.45, 2.75) is 39.3 Å². The van der Waals surface area contributed by atoms with Crippen LogP contribution in [0.25, 0.3) is 0 Å². The molecule has 0 aromatic heterocycles. The average molecular weight is 202 g/mol. The Kier molecular flexibility index (Phi) is 4.07. The Labute approximate surface area is 83.7 Å². The van der Waals surface area contributed by atoms with E-state index in [-0.39, 0.29) is 11.8 Å². The lowest BCUT2D eigenvalue weighted by Gasteiger charge is -2.34. The predicted molar refractivity (Wildman–Crippen MR) is 52.3 cm³/mol. The first kappa shape index (κ1) is 12.9. The number of hydrogen-bond donors (Lipinski definition) is 3.